The molecule has 10 nitrogen and oxygen atoms in total. The third-order valence-electron chi connectivity index (χ3n) is 6.65. The summed E-state index contributed by atoms with van der Waals surface area (Å²) in [5.41, 5.74) is 2.28. The predicted octanol–water partition coefficient (Wildman–Crippen LogP) is 2.31. The number of aromatic nitrogens is 5. The fourth-order valence-electron chi connectivity index (χ4n) is 4.66. The summed E-state index contributed by atoms with van der Waals surface area (Å²) in [5.74, 6) is 2.20. The number of aromatic amines is 1. The van der Waals surface area contributed by atoms with E-state index in [0.29, 0.717) is 24.5 Å². The zero-order valence-electron chi connectivity index (χ0n) is 20.8. The Balaban J connectivity index is 1.57. The monoisotopic (exact) mass is 489 g/mol. The number of H-pyrrole nitrogens is 1. The molecule has 1 aliphatic heterocycles. The summed E-state index contributed by atoms with van der Waals surface area (Å²) in [6, 6.07) is 15.1. The lowest BCUT2D eigenvalue weighted by Gasteiger charge is -2.37. The number of tetrazole rings is 1. The first-order valence-corrected chi connectivity index (χ1v) is 12.2. The van der Waals surface area contributed by atoms with Crippen molar-refractivity contribution in [1.29, 1.82) is 0 Å². The van der Waals surface area contributed by atoms with Crippen LogP contribution in [-0.4, -0.2) is 81.9 Å². The largest absolute Gasteiger partial charge is 0.497 e. The van der Waals surface area contributed by atoms with Crippen LogP contribution in [0.1, 0.15) is 29.9 Å². The number of hydrogen-bond acceptors (Lipinski definition) is 8. The van der Waals surface area contributed by atoms with Crippen molar-refractivity contribution in [3.8, 4) is 11.5 Å². The number of pyridine rings is 1. The second kappa shape index (κ2) is 10.5. The van der Waals surface area contributed by atoms with Crippen LogP contribution in [0.15, 0.2) is 53.3 Å². The Labute approximate surface area is 209 Å². The van der Waals surface area contributed by atoms with Crippen LogP contribution in [0.3, 0.4) is 0 Å². The molecule has 3 heterocycles. The molecule has 0 amide bonds. The Morgan fingerprint density at radius 1 is 1.03 bits per heavy atom. The minimum Gasteiger partial charge on any atom is -0.497 e. The number of methoxy groups -OCH3 is 1. The third-order valence-corrected chi connectivity index (χ3v) is 6.65. The lowest BCUT2D eigenvalue weighted by atomic mass is 10.0. The van der Waals surface area contributed by atoms with Crippen molar-refractivity contribution in [1.82, 2.24) is 35.0 Å². The van der Waals surface area contributed by atoms with E-state index >= 15 is 0 Å². The highest BCUT2D eigenvalue weighted by Gasteiger charge is 2.32. The minimum absolute atomic E-state index is 0.144. The van der Waals surface area contributed by atoms with Crippen LogP contribution < -0.4 is 15.0 Å². The molecule has 0 aliphatic carbocycles. The molecule has 5 rings (SSSR count). The fraction of sp³-hybridized carbons (Fsp3) is 0.385. The normalized spacial score (nSPS) is 15.8. The van der Waals surface area contributed by atoms with Gasteiger partial charge in [0.25, 0.3) is 5.56 Å². The third kappa shape index (κ3) is 4.95. The van der Waals surface area contributed by atoms with Crippen molar-refractivity contribution in [2.45, 2.75) is 19.5 Å². The van der Waals surface area contributed by atoms with E-state index in [2.05, 4.69) is 37.4 Å². The standard InChI is InChI=1S/C26H31N7O3/c1-4-36-21-9-10-23-19(15-21)16-22(26(34)27-23)24(32-13-11-31(2)12-14-32)25-28-29-30-33(25)17-18-5-7-20(35-3)8-6-18/h5-10,15-16,24H,4,11-14,17H2,1-3H3,(H,27,34)/t24-/m0/s1. The van der Waals surface area contributed by atoms with Crippen molar-refractivity contribution in [3.63, 3.8) is 0 Å². The maximum atomic E-state index is 13.4. The first kappa shape index (κ1) is 24.0. The van der Waals surface area contributed by atoms with Crippen molar-refractivity contribution in [3.05, 3.63) is 75.8 Å². The van der Waals surface area contributed by atoms with Crippen LogP contribution >= 0.6 is 0 Å². The van der Waals surface area contributed by atoms with Crippen LogP contribution in [0.25, 0.3) is 10.9 Å². The van der Waals surface area contributed by atoms with E-state index in [-0.39, 0.29) is 5.56 Å². The Bertz CT molecular complexity index is 1370. The van der Waals surface area contributed by atoms with Crippen molar-refractivity contribution in [2.75, 3.05) is 46.9 Å². The van der Waals surface area contributed by atoms with Gasteiger partial charge in [0, 0.05) is 42.6 Å². The number of benzene rings is 2. The van der Waals surface area contributed by atoms with Crippen LogP contribution in [0.5, 0.6) is 11.5 Å². The van der Waals surface area contributed by atoms with Gasteiger partial charge in [-0.1, -0.05) is 12.1 Å². The Morgan fingerprint density at radius 3 is 2.50 bits per heavy atom. The van der Waals surface area contributed by atoms with E-state index in [0.717, 1.165) is 54.1 Å². The van der Waals surface area contributed by atoms with Crippen molar-refractivity contribution >= 4 is 10.9 Å². The second-order valence-corrected chi connectivity index (χ2v) is 9.02. The average molecular weight is 490 g/mol. The van der Waals surface area contributed by atoms with Crippen molar-refractivity contribution in [2.24, 2.45) is 0 Å². The van der Waals surface area contributed by atoms with E-state index in [1.54, 1.807) is 11.8 Å². The molecule has 1 fully saturated rings. The summed E-state index contributed by atoms with van der Waals surface area (Å²) in [5, 5.41) is 13.6. The van der Waals surface area contributed by atoms with Gasteiger partial charge in [-0.25, -0.2) is 4.68 Å². The highest BCUT2D eigenvalue weighted by atomic mass is 16.5. The number of likely N-dealkylation sites (N-methyl/N-ethyl adjacent to an activating group) is 1. The molecule has 2 aromatic heterocycles. The van der Waals surface area contributed by atoms with Crippen molar-refractivity contribution < 1.29 is 9.47 Å². The van der Waals surface area contributed by atoms with Gasteiger partial charge >= 0.3 is 0 Å². The topological polar surface area (TPSA) is 101 Å². The Morgan fingerprint density at radius 2 is 1.78 bits per heavy atom. The highest BCUT2D eigenvalue weighted by molar-refractivity contribution is 5.80. The number of hydrogen-bond donors (Lipinski definition) is 1. The number of nitrogens with one attached hydrogen (secondary N) is 1. The Kier molecular flexibility index (Phi) is 6.97. The molecule has 0 spiro atoms. The molecule has 1 N–H and O–H groups in total. The molecule has 1 aliphatic rings. The summed E-state index contributed by atoms with van der Waals surface area (Å²) in [4.78, 5) is 21.0. The van der Waals surface area contributed by atoms with Gasteiger partial charge in [-0.15, -0.1) is 5.10 Å². The smallest absolute Gasteiger partial charge is 0.253 e. The number of piperazine rings is 1. The maximum absolute atomic E-state index is 13.4. The summed E-state index contributed by atoms with van der Waals surface area (Å²) in [6.07, 6.45) is 0. The van der Waals surface area contributed by atoms with E-state index in [9.17, 15) is 4.79 Å². The fourth-order valence-corrected chi connectivity index (χ4v) is 4.66. The molecule has 2 aromatic carbocycles. The Hall–Kier alpha value is -3.76. The average Bonchev–Trinajstić information content (AvgIpc) is 3.34. The van der Waals surface area contributed by atoms with Gasteiger partial charge in [0.05, 0.1) is 20.3 Å². The number of rotatable bonds is 8. The molecule has 10 heteroatoms. The molecule has 4 aromatic rings. The van der Waals surface area contributed by atoms with Crippen LogP contribution in [0, 0.1) is 0 Å². The van der Waals surface area contributed by atoms with Gasteiger partial charge < -0.3 is 19.4 Å². The highest BCUT2D eigenvalue weighted by Crippen LogP contribution is 2.29. The molecule has 0 unspecified atom stereocenters. The van der Waals surface area contributed by atoms with E-state index < -0.39 is 6.04 Å². The zero-order valence-corrected chi connectivity index (χ0v) is 20.8. The summed E-state index contributed by atoms with van der Waals surface area (Å²) in [6.45, 7) is 6.41. The molecule has 0 bridgehead atoms. The summed E-state index contributed by atoms with van der Waals surface area (Å²) >= 11 is 0. The molecule has 36 heavy (non-hydrogen) atoms. The van der Waals surface area contributed by atoms with E-state index in [1.165, 1.54) is 0 Å². The lowest BCUT2D eigenvalue weighted by Crippen LogP contribution is -2.47. The SMILES string of the molecule is CCOc1ccc2[nH]c(=O)c([C@@H](c3nnnn3Cc3ccc(OC)cc3)N3CCN(C)CC3)cc2c1. The second-order valence-electron chi connectivity index (χ2n) is 9.02. The van der Waals surface area contributed by atoms with Crippen LogP contribution in [0.4, 0.5) is 0 Å². The molecule has 0 saturated carbocycles. The quantitative estimate of drug-likeness (QED) is 0.402. The summed E-state index contributed by atoms with van der Waals surface area (Å²) in [7, 11) is 3.76. The van der Waals surface area contributed by atoms with Gasteiger partial charge in [0.1, 0.15) is 17.5 Å². The first-order valence-electron chi connectivity index (χ1n) is 12.2. The molecule has 188 valence electrons. The van der Waals surface area contributed by atoms with Gasteiger partial charge in [0.2, 0.25) is 0 Å². The van der Waals surface area contributed by atoms with E-state index in [4.69, 9.17) is 9.47 Å². The molecule has 1 atom stereocenters. The number of fused-ring (bicyclic) bond motifs is 1. The maximum Gasteiger partial charge on any atom is 0.253 e. The molecule has 0 radical (unpaired) electrons. The molecule has 1 saturated heterocycles. The zero-order chi connectivity index (χ0) is 25.1. The van der Waals surface area contributed by atoms with Gasteiger partial charge in [0.15, 0.2) is 5.82 Å². The van der Waals surface area contributed by atoms with Crippen LogP contribution in [-0.2, 0) is 6.54 Å². The molecular weight excluding hydrogens is 458 g/mol. The van der Waals surface area contributed by atoms with Gasteiger partial charge in [-0.2, -0.15) is 0 Å². The number of nitrogens with zero attached hydrogens (tertiary/aromatic N) is 6. The van der Waals surface area contributed by atoms with E-state index in [1.807, 2.05) is 55.5 Å². The first-order chi connectivity index (χ1) is 17.6. The lowest BCUT2D eigenvalue weighted by molar-refractivity contribution is 0.121. The molecular formula is C26H31N7O3. The number of ether oxygens (including phenoxy) is 2. The van der Waals surface area contributed by atoms with Gasteiger partial charge in [-0.3, -0.25) is 9.69 Å². The van der Waals surface area contributed by atoms with Gasteiger partial charge in [-0.05, 0) is 66.4 Å². The summed E-state index contributed by atoms with van der Waals surface area (Å²) < 4.78 is 12.8. The van der Waals surface area contributed by atoms with Crippen LogP contribution in [0.2, 0.25) is 0 Å². The predicted molar refractivity (Wildman–Crippen MR) is 137 cm³/mol. The minimum atomic E-state index is -0.393.